The van der Waals surface area contributed by atoms with Gasteiger partial charge in [0.15, 0.2) is 27.9 Å². The van der Waals surface area contributed by atoms with Crippen LogP contribution in [0.4, 0.5) is 24.7 Å². The van der Waals surface area contributed by atoms with Crippen LogP contribution in [0.25, 0.3) is 10.9 Å². The van der Waals surface area contributed by atoms with Crippen LogP contribution in [0, 0.1) is 0 Å². The summed E-state index contributed by atoms with van der Waals surface area (Å²) in [5.74, 6) is 0.582. The van der Waals surface area contributed by atoms with Crippen molar-refractivity contribution in [1.82, 2.24) is 9.97 Å². The van der Waals surface area contributed by atoms with E-state index in [0.29, 0.717) is 29.0 Å². The Morgan fingerprint density at radius 2 is 1.74 bits per heavy atom. The molecule has 1 aromatic heterocycles. The highest BCUT2D eigenvalue weighted by Crippen LogP contribution is 2.37. The average Bonchev–Trinajstić information content (AvgIpc) is 2.82. The smallest absolute Gasteiger partial charge is 0.422 e. The SMILES string of the molecule is CCS(=O)(=O)c1ccc(OCC(F)(F)F)c(Nc2ncnc3cc(OCCOC)c(OC)cc23)c1. The molecule has 3 aromatic rings. The number of sulfone groups is 1. The van der Waals surface area contributed by atoms with E-state index in [-0.39, 0.29) is 34.5 Å². The molecule has 0 unspecified atom stereocenters. The number of methoxy groups -OCH3 is 2. The maximum Gasteiger partial charge on any atom is 0.422 e. The summed E-state index contributed by atoms with van der Waals surface area (Å²) in [6.07, 6.45) is -3.33. The lowest BCUT2D eigenvalue weighted by Crippen LogP contribution is -2.19. The van der Waals surface area contributed by atoms with E-state index in [2.05, 4.69) is 15.3 Å². The number of aromatic nitrogens is 2. The van der Waals surface area contributed by atoms with Crippen LogP contribution < -0.4 is 19.5 Å². The molecule has 0 radical (unpaired) electrons. The van der Waals surface area contributed by atoms with Gasteiger partial charge >= 0.3 is 6.18 Å². The number of nitrogens with one attached hydrogen (secondary N) is 1. The number of rotatable bonds is 11. The van der Waals surface area contributed by atoms with Crippen LogP contribution >= 0.6 is 0 Å². The molecule has 0 fully saturated rings. The van der Waals surface area contributed by atoms with Gasteiger partial charge in [0.2, 0.25) is 0 Å². The molecule has 0 aliphatic heterocycles. The second-order valence-electron chi connectivity index (χ2n) is 7.17. The third-order valence-corrected chi connectivity index (χ3v) is 6.53. The lowest BCUT2D eigenvalue weighted by atomic mass is 10.2. The lowest BCUT2D eigenvalue weighted by Gasteiger charge is -2.17. The Bertz CT molecular complexity index is 1290. The molecule has 35 heavy (non-hydrogen) atoms. The van der Waals surface area contributed by atoms with E-state index in [0.717, 1.165) is 0 Å². The first kappa shape index (κ1) is 26.3. The van der Waals surface area contributed by atoms with Gasteiger partial charge in [0.1, 0.15) is 24.5 Å². The molecule has 0 saturated heterocycles. The summed E-state index contributed by atoms with van der Waals surface area (Å²) >= 11 is 0. The highest BCUT2D eigenvalue weighted by Gasteiger charge is 2.29. The highest BCUT2D eigenvalue weighted by molar-refractivity contribution is 7.91. The van der Waals surface area contributed by atoms with Crippen LogP contribution in [0.2, 0.25) is 0 Å². The zero-order valence-corrected chi connectivity index (χ0v) is 20.0. The van der Waals surface area contributed by atoms with E-state index in [1.54, 1.807) is 19.2 Å². The van der Waals surface area contributed by atoms with Crippen molar-refractivity contribution in [3.05, 3.63) is 36.7 Å². The molecule has 1 heterocycles. The van der Waals surface area contributed by atoms with Gasteiger partial charge in [0, 0.05) is 18.6 Å². The average molecular weight is 516 g/mol. The van der Waals surface area contributed by atoms with Crippen LogP contribution in [0.5, 0.6) is 17.2 Å². The van der Waals surface area contributed by atoms with Crippen molar-refractivity contribution in [2.75, 3.05) is 45.1 Å². The Balaban J connectivity index is 2.06. The van der Waals surface area contributed by atoms with Crippen molar-refractivity contribution < 1.29 is 40.5 Å². The first-order chi connectivity index (χ1) is 16.6. The number of alkyl halides is 3. The zero-order chi connectivity index (χ0) is 25.6. The fourth-order valence-corrected chi connectivity index (χ4v) is 3.96. The number of nitrogens with zero attached hydrogens (tertiary/aromatic N) is 2. The number of anilines is 2. The molecule has 9 nitrogen and oxygen atoms in total. The van der Waals surface area contributed by atoms with E-state index in [4.69, 9.17) is 18.9 Å². The minimum absolute atomic E-state index is 0.0110. The number of hydrogen-bond donors (Lipinski definition) is 1. The standard InChI is InChI=1S/C22H24F3N3O6S/c1-4-35(29,30)14-5-6-18(34-12-22(23,24)25)17(9-14)28-21-15-10-19(32-3)20(33-8-7-31-2)11-16(15)26-13-27-21/h5-6,9-11,13H,4,7-8,12H2,1-3H3,(H,26,27,28). The van der Waals surface area contributed by atoms with Gasteiger partial charge in [-0.3, -0.25) is 0 Å². The Morgan fingerprint density at radius 3 is 2.40 bits per heavy atom. The van der Waals surface area contributed by atoms with E-state index in [9.17, 15) is 21.6 Å². The second kappa shape index (κ2) is 11.0. The van der Waals surface area contributed by atoms with Gasteiger partial charge in [-0.15, -0.1) is 0 Å². The Hall–Kier alpha value is -3.32. The van der Waals surface area contributed by atoms with Crippen molar-refractivity contribution in [3.63, 3.8) is 0 Å². The molecular formula is C22H24F3N3O6S. The van der Waals surface area contributed by atoms with E-state index >= 15 is 0 Å². The van der Waals surface area contributed by atoms with Crippen molar-refractivity contribution in [2.24, 2.45) is 0 Å². The summed E-state index contributed by atoms with van der Waals surface area (Å²) in [6.45, 7) is 0.539. The molecule has 3 rings (SSSR count). The second-order valence-corrected chi connectivity index (χ2v) is 9.45. The summed E-state index contributed by atoms with van der Waals surface area (Å²) in [4.78, 5) is 8.32. The minimum atomic E-state index is -4.58. The highest BCUT2D eigenvalue weighted by atomic mass is 32.2. The molecule has 0 aliphatic carbocycles. The third-order valence-electron chi connectivity index (χ3n) is 4.80. The number of benzene rings is 2. The molecule has 2 aromatic carbocycles. The van der Waals surface area contributed by atoms with Crippen LogP contribution in [0.3, 0.4) is 0 Å². The van der Waals surface area contributed by atoms with E-state index in [1.165, 1.54) is 38.6 Å². The molecule has 1 N–H and O–H groups in total. The van der Waals surface area contributed by atoms with E-state index in [1.807, 2.05) is 0 Å². The van der Waals surface area contributed by atoms with Crippen molar-refractivity contribution in [3.8, 4) is 17.2 Å². The van der Waals surface area contributed by atoms with Gasteiger partial charge in [-0.2, -0.15) is 13.2 Å². The van der Waals surface area contributed by atoms with E-state index < -0.39 is 22.6 Å². The van der Waals surface area contributed by atoms with Gasteiger partial charge in [0.25, 0.3) is 0 Å². The van der Waals surface area contributed by atoms with Gasteiger partial charge in [-0.25, -0.2) is 18.4 Å². The number of ether oxygens (including phenoxy) is 4. The molecule has 190 valence electrons. The topological polar surface area (TPSA) is 109 Å². The summed E-state index contributed by atoms with van der Waals surface area (Å²) in [5, 5.41) is 3.34. The number of halogens is 3. The Labute approximate surface area is 200 Å². The van der Waals surface area contributed by atoms with Crippen LogP contribution in [-0.4, -0.2) is 64.4 Å². The Kier molecular flexibility index (Phi) is 8.22. The van der Waals surface area contributed by atoms with Crippen LogP contribution in [-0.2, 0) is 14.6 Å². The van der Waals surface area contributed by atoms with Crippen molar-refractivity contribution in [1.29, 1.82) is 0 Å². The zero-order valence-electron chi connectivity index (χ0n) is 19.2. The van der Waals surface area contributed by atoms with Gasteiger partial charge in [-0.05, 0) is 24.3 Å². The van der Waals surface area contributed by atoms with Crippen molar-refractivity contribution in [2.45, 2.75) is 18.0 Å². The third kappa shape index (κ3) is 6.63. The monoisotopic (exact) mass is 515 g/mol. The first-order valence-corrected chi connectivity index (χ1v) is 12.0. The molecule has 13 heteroatoms. The minimum Gasteiger partial charge on any atom is -0.493 e. The summed E-state index contributed by atoms with van der Waals surface area (Å²) < 4.78 is 84.0. The van der Waals surface area contributed by atoms with Gasteiger partial charge in [0.05, 0.1) is 35.6 Å². The molecule has 0 saturated carbocycles. The molecule has 0 bridgehead atoms. The van der Waals surface area contributed by atoms with Crippen molar-refractivity contribution >= 4 is 32.2 Å². The quantitative estimate of drug-likeness (QED) is 0.377. The summed E-state index contributed by atoms with van der Waals surface area (Å²) in [7, 11) is -0.651. The number of fused-ring (bicyclic) bond motifs is 1. The Morgan fingerprint density at radius 1 is 0.971 bits per heavy atom. The molecule has 0 aliphatic rings. The number of hydrogen-bond acceptors (Lipinski definition) is 9. The lowest BCUT2D eigenvalue weighted by molar-refractivity contribution is -0.153. The van der Waals surface area contributed by atoms with Gasteiger partial charge in [-0.1, -0.05) is 6.92 Å². The van der Waals surface area contributed by atoms with Crippen LogP contribution in [0.1, 0.15) is 6.92 Å². The van der Waals surface area contributed by atoms with Crippen LogP contribution in [0.15, 0.2) is 41.6 Å². The first-order valence-electron chi connectivity index (χ1n) is 10.4. The fourth-order valence-electron chi connectivity index (χ4n) is 3.05. The molecule has 0 spiro atoms. The molecule has 0 atom stereocenters. The molecular weight excluding hydrogens is 491 g/mol. The largest absolute Gasteiger partial charge is 0.493 e. The molecule has 0 amide bonds. The van der Waals surface area contributed by atoms with Gasteiger partial charge < -0.3 is 24.3 Å². The predicted octanol–water partition coefficient (Wildman–Crippen LogP) is 4.14. The fraction of sp³-hybridized carbons (Fsp3) is 0.364. The summed E-state index contributed by atoms with van der Waals surface area (Å²) in [5.41, 5.74) is 0.439. The maximum absolute atomic E-state index is 12.8. The normalized spacial score (nSPS) is 11.9. The predicted molar refractivity (Wildman–Crippen MR) is 122 cm³/mol. The summed E-state index contributed by atoms with van der Waals surface area (Å²) in [6, 6.07) is 6.79. The maximum atomic E-state index is 12.8.